The summed E-state index contributed by atoms with van der Waals surface area (Å²) in [4.78, 5) is 16.8. The van der Waals surface area contributed by atoms with Crippen molar-refractivity contribution < 1.29 is 13.9 Å². The topological polar surface area (TPSA) is 51.2 Å². The van der Waals surface area contributed by atoms with Gasteiger partial charge in [0.05, 0.1) is 18.2 Å². The molecule has 3 aromatic rings. The highest BCUT2D eigenvalue weighted by molar-refractivity contribution is 7.09. The Balaban J connectivity index is 1.52. The average molecular weight is 419 g/mol. The number of benzene rings is 2. The van der Waals surface area contributed by atoms with Crippen LogP contribution in [0.5, 0.6) is 5.75 Å². The van der Waals surface area contributed by atoms with Crippen molar-refractivity contribution in [3.8, 4) is 5.75 Å². The summed E-state index contributed by atoms with van der Waals surface area (Å²) >= 11 is 7.36. The maximum Gasteiger partial charge on any atom is 0.226 e. The third-order valence-corrected chi connectivity index (χ3v) is 5.26. The molecule has 0 saturated carbocycles. The van der Waals surface area contributed by atoms with Gasteiger partial charge in [0.15, 0.2) is 0 Å². The smallest absolute Gasteiger partial charge is 0.226 e. The first-order valence-corrected chi connectivity index (χ1v) is 10.2. The Bertz CT molecular complexity index is 913. The predicted molar refractivity (Wildman–Crippen MR) is 109 cm³/mol. The van der Waals surface area contributed by atoms with E-state index in [0.717, 1.165) is 17.0 Å². The highest BCUT2D eigenvalue weighted by atomic mass is 35.5. The van der Waals surface area contributed by atoms with E-state index in [2.05, 4.69) is 10.3 Å². The van der Waals surface area contributed by atoms with E-state index >= 15 is 0 Å². The minimum atomic E-state index is -0.307. The van der Waals surface area contributed by atoms with Gasteiger partial charge in [-0.1, -0.05) is 30.7 Å². The molecule has 28 heavy (non-hydrogen) atoms. The lowest BCUT2D eigenvalue weighted by Crippen LogP contribution is -2.29. The maximum atomic E-state index is 12.9. The van der Waals surface area contributed by atoms with Gasteiger partial charge in [-0.05, 0) is 48.4 Å². The number of carbonyl (C=O) groups is 1. The quantitative estimate of drug-likeness (QED) is 0.538. The number of nitrogens with one attached hydrogen (secondary N) is 1. The zero-order valence-electron chi connectivity index (χ0n) is 15.3. The molecule has 0 aliphatic rings. The molecule has 2 aromatic carbocycles. The van der Waals surface area contributed by atoms with Crippen LogP contribution in [0.3, 0.4) is 0 Å². The minimum absolute atomic E-state index is 0.0651. The molecule has 0 saturated heterocycles. The number of aromatic nitrogens is 1. The van der Waals surface area contributed by atoms with Crippen molar-refractivity contribution in [2.75, 3.05) is 0 Å². The predicted octanol–water partition coefficient (Wildman–Crippen LogP) is 5.32. The Kier molecular flexibility index (Phi) is 7.01. The van der Waals surface area contributed by atoms with Crippen molar-refractivity contribution in [2.24, 2.45) is 0 Å². The fourth-order valence-corrected chi connectivity index (χ4v) is 3.53. The van der Waals surface area contributed by atoms with Crippen LogP contribution >= 0.6 is 22.9 Å². The van der Waals surface area contributed by atoms with Crippen molar-refractivity contribution in [2.45, 2.75) is 32.4 Å². The van der Waals surface area contributed by atoms with Crippen LogP contribution in [0, 0.1) is 5.82 Å². The van der Waals surface area contributed by atoms with E-state index in [-0.39, 0.29) is 30.8 Å². The molecule has 146 valence electrons. The zero-order chi connectivity index (χ0) is 19.9. The van der Waals surface area contributed by atoms with Gasteiger partial charge in [0, 0.05) is 10.4 Å². The Morgan fingerprint density at radius 2 is 1.93 bits per heavy atom. The molecule has 0 fully saturated rings. The summed E-state index contributed by atoms with van der Waals surface area (Å²) < 4.78 is 18.5. The van der Waals surface area contributed by atoms with Crippen LogP contribution in [0.25, 0.3) is 0 Å². The number of carbonyl (C=O) groups excluding carboxylic acids is 1. The van der Waals surface area contributed by atoms with Gasteiger partial charge in [-0.25, -0.2) is 9.37 Å². The van der Waals surface area contributed by atoms with Gasteiger partial charge in [-0.3, -0.25) is 4.79 Å². The summed E-state index contributed by atoms with van der Waals surface area (Å²) in [6, 6.07) is 13.2. The molecule has 7 heteroatoms. The van der Waals surface area contributed by atoms with Crippen LogP contribution in [0.4, 0.5) is 4.39 Å². The standard InChI is InChI=1S/C21H20ClFN2O2S/c1-2-19(14-3-5-15(22)6-4-14)25-20(26)11-17-13-28-21(24-17)12-27-18-9-7-16(23)8-10-18/h3-10,13,19H,2,11-12H2,1H3,(H,25,26). The SMILES string of the molecule is CCC(NC(=O)Cc1csc(COc2ccc(F)cc2)n1)c1ccc(Cl)cc1. The van der Waals surface area contributed by atoms with Crippen LogP contribution in [0.1, 0.15) is 35.7 Å². The Morgan fingerprint density at radius 3 is 2.61 bits per heavy atom. The second kappa shape index (κ2) is 9.66. The van der Waals surface area contributed by atoms with Crippen LogP contribution in [-0.4, -0.2) is 10.9 Å². The van der Waals surface area contributed by atoms with Crippen molar-refractivity contribution in [1.29, 1.82) is 0 Å². The molecule has 1 N–H and O–H groups in total. The fourth-order valence-electron chi connectivity index (χ4n) is 2.70. The number of thiazole rings is 1. The third-order valence-electron chi connectivity index (χ3n) is 4.13. The van der Waals surface area contributed by atoms with Gasteiger partial charge >= 0.3 is 0 Å². The number of nitrogens with zero attached hydrogens (tertiary/aromatic N) is 1. The first-order chi connectivity index (χ1) is 13.5. The van der Waals surface area contributed by atoms with Gasteiger partial charge in [-0.2, -0.15) is 0 Å². The number of halogens is 2. The zero-order valence-corrected chi connectivity index (χ0v) is 16.9. The highest BCUT2D eigenvalue weighted by Crippen LogP contribution is 2.20. The van der Waals surface area contributed by atoms with E-state index in [1.807, 2.05) is 36.6 Å². The van der Waals surface area contributed by atoms with E-state index in [1.165, 1.54) is 23.5 Å². The van der Waals surface area contributed by atoms with E-state index < -0.39 is 0 Å². The van der Waals surface area contributed by atoms with Gasteiger partial charge < -0.3 is 10.1 Å². The van der Waals surface area contributed by atoms with Gasteiger partial charge in [0.25, 0.3) is 0 Å². The Labute approximate surface area is 172 Å². The molecule has 1 amide bonds. The summed E-state index contributed by atoms with van der Waals surface area (Å²) in [5.41, 5.74) is 1.72. The molecule has 0 aliphatic heterocycles. The molecule has 3 rings (SSSR count). The molecule has 4 nitrogen and oxygen atoms in total. The largest absolute Gasteiger partial charge is 0.486 e. The fraction of sp³-hybridized carbons (Fsp3) is 0.238. The first-order valence-electron chi connectivity index (χ1n) is 8.90. The molecule has 0 aliphatic carbocycles. The first kappa shape index (κ1) is 20.3. The number of hydrogen-bond donors (Lipinski definition) is 1. The maximum absolute atomic E-state index is 12.9. The molecule has 0 bridgehead atoms. The number of amides is 1. The van der Waals surface area contributed by atoms with Crippen LogP contribution in [-0.2, 0) is 17.8 Å². The molecule has 0 radical (unpaired) electrons. The lowest BCUT2D eigenvalue weighted by atomic mass is 10.0. The second-order valence-corrected chi connectivity index (χ2v) is 7.61. The van der Waals surface area contributed by atoms with Gasteiger partial charge in [-0.15, -0.1) is 11.3 Å². The average Bonchev–Trinajstić information content (AvgIpc) is 3.13. The van der Waals surface area contributed by atoms with Crippen LogP contribution in [0.15, 0.2) is 53.9 Å². The van der Waals surface area contributed by atoms with Gasteiger partial charge in [0.2, 0.25) is 5.91 Å². The lowest BCUT2D eigenvalue weighted by molar-refractivity contribution is -0.121. The van der Waals surface area contributed by atoms with Crippen molar-refractivity contribution in [3.05, 3.63) is 81.0 Å². The van der Waals surface area contributed by atoms with Crippen molar-refractivity contribution >= 4 is 28.8 Å². The van der Waals surface area contributed by atoms with Gasteiger partial charge in [0.1, 0.15) is 23.2 Å². The summed E-state index contributed by atoms with van der Waals surface area (Å²) in [7, 11) is 0. The van der Waals surface area contributed by atoms with Crippen LogP contribution in [0.2, 0.25) is 5.02 Å². The monoisotopic (exact) mass is 418 g/mol. The molecular weight excluding hydrogens is 399 g/mol. The van der Waals surface area contributed by atoms with E-state index in [1.54, 1.807) is 12.1 Å². The summed E-state index contributed by atoms with van der Waals surface area (Å²) in [5.74, 6) is 0.182. The second-order valence-electron chi connectivity index (χ2n) is 6.23. The molecule has 1 heterocycles. The molecule has 1 aromatic heterocycles. The molecule has 0 spiro atoms. The normalized spacial score (nSPS) is 11.8. The molecular formula is C21H20ClFN2O2S. The van der Waals surface area contributed by atoms with Crippen LogP contribution < -0.4 is 10.1 Å². The summed E-state index contributed by atoms with van der Waals surface area (Å²) in [5, 5.41) is 6.32. The number of rotatable bonds is 8. The van der Waals surface area contributed by atoms with Crippen molar-refractivity contribution in [3.63, 3.8) is 0 Å². The number of ether oxygens (including phenoxy) is 1. The lowest BCUT2D eigenvalue weighted by Gasteiger charge is -2.17. The molecule has 1 atom stereocenters. The number of hydrogen-bond acceptors (Lipinski definition) is 4. The minimum Gasteiger partial charge on any atom is -0.486 e. The Hall–Kier alpha value is -2.44. The van der Waals surface area contributed by atoms with E-state index in [4.69, 9.17) is 16.3 Å². The Morgan fingerprint density at radius 1 is 1.21 bits per heavy atom. The summed E-state index contributed by atoms with van der Waals surface area (Å²) in [6.45, 7) is 2.30. The van der Waals surface area contributed by atoms with E-state index in [9.17, 15) is 9.18 Å². The van der Waals surface area contributed by atoms with E-state index in [0.29, 0.717) is 16.5 Å². The molecule has 1 unspecified atom stereocenters. The third kappa shape index (κ3) is 5.78. The summed E-state index contributed by atoms with van der Waals surface area (Å²) in [6.07, 6.45) is 0.984. The van der Waals surface area contributed by atoms with Crippen molar-refractivity contribution in [1.82, 2.24) is 10.3 Å². The highest BCUT2D eigenvalue weighted by Gasteiger charge is 2.14.